The van der Waals surface area contributed by atoms with Gasteiger partial charge in [0.2, 0.25) is 5.95 Å². The number of aromatic nitrogens is 5. The molecule has 6 rings (SSSR count). The second kappa shape index (κ2) is 8.32. The fourth-order valence-corrected chi connectivity index (χ4v) is 5.42. The maximum Gasteiger partial charge on any atom is 0.241 e. The summed E-state index contributed by atoms with van der Waals surface area (Å²) in [7, 11) is 0. The number of hydrogen-bond donors (Lipinski definition) is 1. The molecule has 3 aromatic heterocycles. The summed E-state index contributed by atoms with van der Waals surface area (Å²) < 4.78 is 24.3. The van der Waals surface area contributed by atoms with Crippen molar-refractivity contribution in [1.29, 1.82) is 0 Å². The molecule has 1 aromatic carbocycles. The van der Waals surface area contributed by atoms with Crippen molar-refractivity contribution in [1.82, 2.24) is 29.0 Å². The molecule has 1 N–H and O–H groups in total. The summed E-state index contributed by atoms with van der Waals surface area (Å²) in [6.07, 6.45) is 5.92. The summed E-state index contributed by atoms with van der Waals surface area (Å²) >= 11 is 0. The van der Waals surface area contributed by atoms with Crippen molar-refractivity contribution in [2.75, 3.05) is 31.6 Å². The van der Waals surface area contributed by atoms with Crippen molar-refractivity contribution in [2.24, 2.45) is 0 Å². The average Bonchev–Trinajstić information content (AvgIpc) is 3.37. The van der Waals surface area contributed by atoms with Gasteiger partial charge >= 0.3 is 0 Å². The van der Waals surface area contributed by atoms with Gasteiger partial charge in [0.1, 0.15) is 11.3 Å². The Kier molecular flexibility index (Phi) is 5.26. The zero-order chi connectivity index (χ0) is 23.4. The van der Waals surface area contributed by atoms with Gasteiger partial charge in [-0.15, -0.1) is 5.10 Å². The van der Waals surface area contributed by atoms with Crippen molar-refractivity contribution in [2.45, 2.75) is 51.7 Å². The quantitative estimate of drug-likeness (QED) is 0.482. The van der Waals surface area contributed by atoms with Gasteiger partial charge in [0.25, 0.3) is 0 Å². The summed E-state index contributed by atoms with van der Waals surface area (Å²) in [5, 5.41) is 8.14. The van der Waals surface area contributed by atoms with E-state index < -0.39 is 0 Å². The smallest absolute Gasteiger partial charge is 0.241 e. The molecular formula is C25H30FN7O. The second-order valence-corrected chi connectivity index (χ2v) is 9.70. The largest absolute Gasteiger partial charge is 0.379 e. The fourth-order valence-electron chi connectivity index (χ4n) is 5.42. The summed E-state index contributed by atoms with van der Waals surface area (Å²) in [4.78, 5) is 11.5. The Balaban J connectivity index is 1.24. The molecule has 0 radical (unpaired) electrons. The molecule has 4 heterocycles. The van der Waals surface area contributed by atoms with Crippen LogP contribution in [0.25, 0.3) is 27.7 Å². The second-order valence-electron chi connectivity index (χ2n) is 9.70. The van der Waals surface area contributed by atoms with Crippen molar-refractivity contribution >= 4 is 22.5 Å². The third-order valence-electron chi connectivity index (χ3n) is 7.18. The van der Waals surface area contributed by atoms with Gasteiger partial charge in [-0.1, -0.05) is 0 Å². The molecule has 1 saturated heterocycles. The molecule has 1 saturated carbocycles. The van der Waals surface area contributed by atoms with E-state index in [1.807, 2.05) is 36.0 Å². The van der Waals surface area contributed by atoms with Gasteiger partial charge in [-0.05, 0) is 57.4 Å². The van der Waals surface area contributed by atoms with Crippen LogP contribution in [-0.2, 0) is 4.74 Å². The highest BCUT2D eigenvalue weighted by Crippen LogP contribution is 2.32. The minimum absolute atomic E-state index is 0.191. The van der Waals surface area contributed by atoms with Gasteiger partial charge in [-0.3, -0.25) is 4.90 Å². The van der Waals surface area contributed by atoms with E-state index in [-0.39, 0.29) is 11.9 Å². The molecule has 0 amide bonds. The van der Waals surface area contributed by atoms with Crippen LogP contribution in [0.4, 0.5) is 10.3 Å². The number of nitrogens with zero attached hydrogens (tertiary/aromatic N) is 6. The maximum absolute atomic E-state index is 15.0. The molecule has 2 aliphatic rings. The van der Waals surface area contributed by atoms with E-state index in [0.29, 0.717) is 23.5 Å². The zero-order valence-electron chi connectivity index (χ0n) is 19.8. The number of aryl methyl sites for hydroxylation is 1. The number of nitrogens with one attached hydrogen (secondary N) is 1. The molecule has 2 fully saturated rings. The van der Waals surface area contributed by atoms with Gasteiger partial charge in [0.15, 0.2) is 5.82 Å². The van der Waals surface area contributed by atoms with Crippen LogP contribution in [-0.4, -0.2) is 67.4 Å². The van der Waals surface area contributed by atoms with Crippen LogP contribution in [0.5, 0.6) is 0 Å². The normalized spacial score (nSPS) is 21.4. The number of fused-ring (bicyclic) bond motifs is 2. The van der Waals surface area contributed by atoms with E-state index in [4.69, 9.17) is 4.74 Å². The lowest BCUT2D eigenvalue weighted by molar-refractivity contribution is -0.00443. The van der Waals surface area contributed by atoms with E-state index >= 15 is 0 Å². The number of anilines is 1. The molecule has 34 heavy (non-hydrogen) atoms. The number of ether oxygens (including phenoxy) is 1. The SMILES string of the molecule is Cc1nc2c(F)cc(-c3ccn4nc(N[C@H]5C[C@@H](N6CCOCC6)C5)ncc34)cc2n1C(C)C. The first-order valence-electron chi connectivity index (χ1n) is 12.1. The van der Waals surface area contributed by atoms with Crippen LogP contribution in [0.1, 0.15) is 38.6 Å². The Morgan fingerprint density at radius 3 is 2.71 bits per heavy atom. The third kappa shape index (κ3) is 3.63. The number of morpholine rings is 1. The van der Waals surface area contributed by atoms with Crippen LogP contribution in [0.2, 0.25) is 0 Å². The first-order valence-corrected chi connectivity index (χ1v) is 12.1. The Morgan fingerprint density at radius 2 is 1.94 bits per heavy atom. The minimum atomic E-state index is -0.312. The van der Waals surface area contributed by atoms with Crippen LogP contribution in [0.15, 0.2) is 30.6 Å². The van der Waals surface area contributed by atoms with Crippen LogP contribution >= 0.6 is 0 Å². The van der Waals surface area contributed by atoms with E-state index in [1.54, 1.807) is 6.07 Å². The van der Waals surface area contributed by atoms with Gasteiger partial charge in [-0.2, -0.15) is 0 Å². The molecule has 178 valence electrons. The lowest BCUT2D eigenvalue weighted by Crippen LogP contribution is -2.53. The van der Waals surface area contributed by atoms with Crippen LogP contribution in [0, 0.1) is 12.7 Å². The van der Waals surface area contributed by atoms with Gasteiger partial charge in [-0.25, -0.2) is 18.9 Å². The lowest BCUT2D eigenvalue weighted by Gasteiger charge is -2.44. The molecule has 0 spiro atoms. The Morgan fingerprint density at radius 1 is 1.15 bits per heavy atom. The summed E-state index contributed by atoms with van der Waals surface area (Å²) in [5.41, 5.74) is 3.76. The molecule has 4 aromatic rings. The first-order chi connectivity index (χ1) is 16.5. The topological polar surface area (TPSA) is 72.5 Å². The molecule has 0 atom stereocenters. The predicted molar refractivity (Wildman–Crippen MR) is 130 cm³/mol. The first kappa shape index (κ1) is 21.5. The van der Waals surface area contributed by atoms with Gasteiger partial charge in [0, 0.05) is 43.0 Å². The highest BCUT2D eigenvalue weighted by atomic mass is 19.1. The Labute approximate surface area is 197 Å². The van der Waals surface area contributed by atoms with Gasteiger partial charge in [0.05, 0.1) is 30.4 Å². The van der Waals surface area contributed by atoms with Gasteiger partial charge < -0.3 is 14.6 Å². The molecule has 0 bridgehead atoms. The number of benzene rings is 1. The van der Waals surface area contributed by atoms with Crippen molar-refractivity contribution < 1.29 is 9.13 Å². The maximum atomic E-state index is 15.0. The molecule has 8 nitrogen and oxygen atoms in total. The van der Waals surface area contributed by atoms with Crippen molar-refractivity contribution in [3.8, 4) is 11.1 Å². The lowest BCUT2D eigenvalue weighted by atomic mass is 9.85. The van der Waals surface area contributed by atoms with E-state index in [2.05, 4.69) is 43.7 Å². The van der Waals surface area contributed by atoms with E-state index in [9.17, 15) is 4.39 Å². The monoisotopic (exact) mass is 463 g/mol. The number of rotatable bonds is 5. The predicted octanol–water partition coefficient (Wildman–Crippen LogP) is 4.05. The van der Waals surface area contributed by atoms with Crippen LogP contribution < -0.4 is 5.32 Å². The number of halogens is 1. The fraction of sp³-hybridized carbons (Fsp3) is 0.480. The molecule has 1 aliphatic carbocycles. The molecule has 0 unspecified atom stereocenters. The summed E-state index contributed by atoms with van der Waals surface area (Å²) in [6, 6.07) is 6.74. The highest BCUT2D eigenvalue weighted by Gasteiger charge is 2.34. The standard InChI is InChI=1S/C25H30FN7O/c1-15(2)33-16(3)28-24-21(26)10-17(11-22(24)33)20-4-5-32-23(20)14-27-25(30-32)29-18-12-19(13-18)31-6-8-34-9-7-31/h4-5,10-11,14-15,18-19H,6-9,12-13H2,1-3H3,(H,29,30)/t18-,19+. The summed E-state index contributed by atoms with van der Waals surface area (Å²) in [6.45, 7) is 9.80. The highest BCUT2D eigenvalue weighted by molar-refractivity contribution is 5.88. The minimum Gasteiger partial charge on any atom is -0.379 e. The van der Waals surface area contributed by atoms with Crippen LogP contribution in [0.3, 0.4) is 0 Å². The average molecular weight is 464 g/mol. The molecule has 9 heteroatoms. The third-order valence-corrected chi connectivity index (χ3v) is 7.18. The summed E-state index contributed by atoms with van der Waals surface area (Å²) in [5.74, 6) is 1.12. The molecule has 1 aliphatic heterocycles. The van der Waals surface area contributed by atoms with E-state index in [1.165, 1.54) is 0 Å². The van der Waals surface area contributed by atoms with Crippen molar-refractivity contribution in [3.63, 3.8) is 0 Å². The number of imidazole rings is 1. The zero-order valence-corrected chi connectivity index (χ0v) is 19.8. The molecular weight excluding hydrogens is 433 g/mol. The Bertz CT molecular complexity index is 1350. The van der Waals surface area contributed by atoms with E-state index in [0.717, 1.165) is 67.1 Å². The Hall–Kier alpha value is -3.04. The number of hydrogen-bond acceptors (Lipinski definition) is 6. The van der Waals surface area contributed by atoms with Crippen molar-refractivity contribution in [3.05, 3.63) is 42.2 Å².